The van der Waals surface area contributed by atoms with E-state index < -0.39 is 29.4 Å². The van der Waals surface area contributed by atoms with Crippen LogP contribution >= 0.6 is 11.6 Å². The van der Waals surface area contributed by atoms with Crippen molar-refractivity contribution < 1.29 is 33.0 Å². The molecule has 1 N–H and O–H groups in total. The summed E-state index contributed by atoms with van der Waals surface area (Å²) in [5, 5.41) is 10.3. The Morgan fingerprint density at radius 1 is 1.15 bits per heavy atom. The highest BCUT2D eigenvalue weighted by atomic mass is 35.5. The van der Waals surface area contributed by atoms with Crippen LogP contribution in [0.4, 0.5) is 8.78 Å². The highest BCUT2D eigenvalue weighted by Crippen LogP contribution is 2.39. The van der Waals surface area contributed by atoms with Gasteiger partial charge >= 0.3 is 17.9 Å². The van der Waals surface area contributed by atoms with E-state index in [1.165, 1.54) is 44.0 Å². The van der Waals surface area contributed by atoms with Gasteiger partial charge in [-0.25, -0.2) is 0 Å². The van der Waals surface area contributed by atoms with Crippen molar-refractivity contribution in [2.75, 3.05) is 13.2 Å². The fourth-order valence-electron chi connectivity index (χ4n) is 1.90. The lowest BCUT2D eigenvalue weighted by Gasteiger charge is -2.29. The molecule has 0 bridgehead atoms. The van der Waals surface area contributed by atoms with E-state index in [-0.39, 0.29) is 18.8 Å². The summed E-state index contributed by atoms with van der Waals surface area (Å²) in [7, 11) is 0. The molecule has 0 heterocycles. The first-order chi connectivity index (χ1) is 12.1. The summed E-state index contributed by atoms with van der Waals surface area (Å²) in [5.41, 5.74) is -2.74. The number of hydrogen-bond donors (Lipinski definition) is 1. The second-order valence-electron chi connectivity index (χ2n) is 5.36. The van der Waals surface area contributed by atoms with Crippen LogP contribution in [0.3, 0.4) is 0 Å². The zero-order chi connectivity index (χ0) is 20.0. The minimum absolute atomic E-state index is 0.204. The standard InChI is InChI=1S/C18H19ClF2O5/c1-4-25-15(23)17(3,16(24)26-5-2)18(20,21)11-10-14(22)12-6-8-13(19)9-7-12/h6-9,14,22H,4-5H2,1-3H3. The maximum absolute atomic E-state index is 14.7. The van der Waals surface area contributed by atoms with Gasteiger partial charge in [-0.05, 0) is 44.4 Å². The lowest BCUT2D eigenvalue weighted by Crippen LogP contribution is -2.52. The topological polar surface area (TPSA) is 72.8 Å². The number of aliphatic hydroxyl groups is 1. The quantitative estimate of drug-likeness (QED) is 0.460. The van der Waals surface area contributed by atoms with Gasteiger partial charge in [-0.15, -0.1) is 0 Å². The highest BCUT2D eigenvalue weighted by Gasteiger charge is 2.63. The van der Waals surface area contributed by atoms with Crippen LogP contribution in [-0.4, -0.2) is 36.2 Å². The molecular weight excluding hydrogens is 370 g/mol. The molecule has 0 fully saturated rings. The first-order valence-electron chi connectivity index (χ1n) is 7.78. The van der Waals surface area contributed by atoms with E-state index in [1.807, 2.05) is 5.92 Å². The smallest absolute Gasteiger partial charge is 0.334 e. The lowest BCUT2D eigenvalue weighted by atomic mass is 9.83. The molecule has 1 aromatic rings. The van der Waals surface area contributed by atoms with Crippen LogP contribution < -0.4 is 0 Å². The molecule has 0 radical (unpaired) electrons. The highest BCUT2D eigenvalue weighted by molar-refractivity contribution is 6.30. The Kier molecular flexibility index (Phi) is 7.54. The predicted molar refractivity (Wildman–Crippen MR) is 90.5 cm³/mol. The van der Waals surface area contributed by atoms with E-state index in [0.29, 0.717) is 11.9 Å². The van der Waals surface area contributed by atoms with Crippen molar-refractivity contribution in [1.29, 1.82) is 0 Å². The third-order valence-electron chi connectivity index (χ3n) is 3.55. The maximum Gasteiger partial charge on any atom is 0.334 e. The molecule has 8 heteroatoms. The average Bonchev–Trinajstić information content (AvgIpc) is 2.59. The third kappa shape index (κ3) is 4.71. The van der Waals surface area contributed by atoms with Gasteiger partial charge in [0.15, 0.2) is 0 Å². The molecule has 0 aliphatic rings. The number of rotatable bonds is 6. The molecule has 5 nitrogen and oxygen atoms in total. The molecule has 26 heavy (non-hydrogen) atoms. The van der Waals surface area contributed by atoms with Crippen molar-refractivity contribution in [2.45, 2.75) is 32.8 Å². The number of hydrogen-bond acceptors (Lipinski definition) is 5. The Morgan fingerprint density at radius 2 is 1.62 bits per heavy atom. The molecule has 1 atom stereocenters. The van der Waals surface area contributed by atoms with Crippen LogP contribution in [-0.2, 0) is 19.1 Å². The summed E-state index contributed by atoms with van der Waals surface area (Å²) in [6.45, 7) is 3.12. The Hall–Kier alpha value is -2.17. The molecule has 0 aliphatic carbocycles. The summed E-state index contributed by atoms with van der Waals surface area (Å²) in [4.78, 5) is 24.1. The average molecular weight is 389 g/mol. The molecule has 142 valence electrons. The second kappa shape index (κ2) is 8.97. The first kappa shape index (κ1) is 21.9. The molecule has 0 aromatic heterocycles. The normalized spacial score (nSPS) is 12.6. The van der Waals surface area contributed by atoms with Gasteiger partial charge in [0.2, 0.25) is 5.41 Å². The van der Waals surface area contributed by atoms with Crippen molar-refractivity contribution in [3.05, 3.63) is 34.9 Å². The van der Waals surface area contributed by atoms with Crippen LogP contribution in [0.1, 0.15) is 32.4 Å². The number of esters is 2. The van der Waals surface area contributed by atoms with Gasteiger partial charge in [0.05, 0.1) is 13.2 Å². The molecular formula is C18H19ClF2O5. The summed E-state index contributed by atoms with van der Waals surface area (Å²) in [5.74, 6) is -3.58. The predicted octanol–water partition coefficient (Wildman–Crippen LogP) is 3.14. The Morgan fingerprint density at radius 3 is 2.04 bits per heavy atom. The van der Waals surface area contributed by atoms with Crippen molar-refractivity contribution in [1.82, 2.24) is 0 Å². The van der Waals surface area contributed by atoms with E-state index in [4.69, 9.17) is 11.6 Å². The van der Waals surface area contributed by atoms with Crippen LogP contribution in [0, 0.1) is 17.3 Å². The van der Waals surface area contributed by atoms with Gasteiger partial charge in [-0.2, -0.15) is 8.78 Å². The minimum atomic E-state index is -4.14. The van der Waals surface area contributed by atoms with Crippen LogP contribution in [0.2, 0.25) is 5.02 Å². The van der Waals surface area contributed by atoms with Crippen molar-refractivity contribution >= 4 is 23.5 Å². The number of carbonyl (C=O) groups excluding carboxylic acids is 2. The zero-order valence-electron chi connectivity index (χ0n) is 14.5. The van der Waals surface area contributed by atoms with Crippen molar-refractivity contribution in [3.63, 3.8) is 0 Å². The minimum Gasteiger partial charge on any atom is -0.465 e. The molecule has 0 saturated heterocycles. The Balaban J connectivity index is 3.22. The van der Waals surface area contributed by atoms with Crippen molar-refractivity contribution in [3.8, 4) is 11.8 Å². The summed E-state index contributed by atoms with van der Waals surface area (Å²) < 4.78 is 38.5. The number of benzene rings is 1. The van der Waals surface area contributed by atoms with Gasteiger partial charge in [0.1, 0.15) is 6.10 Å². The van der Waals surface area contributed by atoms with E-state index >= 15 is 0 Å². The second-order valence-corrected chi connectivity index (χ2v) is 5.80. The molecule has 0 amide bonds. The fourth-order valence-corrected chi connectivity index (χ4v) is 2.03. The van der Waals surface area contributed by atoms with Crippen LogP contribution in [0.25, 0.3) is 0 Å². The van der Waals surface area contributed by atoms with Crippen molar-refractivity contribution in [2.24, 2.45) is 5.41 Å². The number of alkyl halides is 2. The van der Waals surface area contributed by atoms with E-state index in [0.717, 1.165) is 0 Å². The number of halogens is 3. The van der Waals surface area contributed by atoms with Gasteiger partial charge in [0.25, 0.3) is 0 Å². The van der Waals surface area contributed by atoms with E-state index in [2.05, 4.69) is 9.47 Å². The molecule has 1 unspecified atom stereocenters. The van der Waals surface area contributed by atoms with Crippen LogP contribution in [0.5, 0.6) is 0 Å². The number of ether oxygens (including phenoxy) is 2. The van der Waals surface area contributed by atoms with Gasteiger partial charge in [0, 0.05) is 5.02 Å². The summed E-state index contributed by atoms with van der Waals surface area (Å²) >= 11 is 5.71. The third-order valence-corrected chi connectivity index (χ3v) is 3.80. The molecule has 0 saturated carbocycles. The first-order valence-corrected chi connectivity index (χ1v) is 8.16. The fraction of sp³-hybridized carbons (Fsp3) is 0.444. The summed E-state index contributed by atoms with van der Waals surface area (Å²) in [6.07, 6.45) is -1.56. The molecule has 0 spiro atoms. The lowest BCUT2D eigenvalue weighted by molar-refractivity contribution is -0.189. The number of carbonyl (C=O) groups is 2. The molecule has 0 aliphatic heterocycles. The van der Waals surface area contributed by atoms with E-state index in [1.54, 1.807) is 0 Å². The van der Waals surface area contributed by atoms with Gasteiger partial charge < -0.3 is 14.6 Å². The Labute approximate surface area is 155 Å². The zero-order valence-corrected chi connectivity index (χ0v) is 15.3. The largest absolute Gasteiger partial charge is 0.465 e. The molecule has 1 aromatic carbocycles. The van der Waals surface area contributed by atoms with Gasteiger partial charge in [-0.1, -0.05) is 29.7 Å². The van der Waals surface area contributed by atoms with Crippen LogP contribution in [0.15, 0.2) is 24.3 Å². The summed E-state index contributed by atoms with van der Waals surface area (Å²) in [6, 6.07) is 5.74. The molecule has 1 rings (SSSR count). The Bertz CT molecular complexity index is 689. The van der Waals surface area contributed by atoms with E-state index in [9.17, 15) is 23.5 Å². The van der Waals surface area contributed by atoms with Gasteiger partial charge in [-0.3, -0.25) is 9.59 Å². The number of aliphatic hydroxyl groups excluding tert-OH is 1. The maximum atomic E-state index is 14.7. The SMILES string of the molecule is CCOC(=O)C(C)(C(=O)OCC)C(F)(F)C#CC(O)c1ccc(Cl)cc1. The monoisotopic (exact) mass is 388 g/mol.